The number of hydrogen-bond acceptors (Lipinski definition) is 4. The van der Waals surface area contributed by atoms with Gasteiger partial charge in [-0.05, 0) is 29.8 Å². The van der Waals surface area contributed by atoms with Crippen molar-refractivity contribution in [2.24, 2.45) is 0 Å². The van der Waals surface area contributed by atoms with Crippen LogP contribution < -0.4 is 5.32 Å². The van der Waals surface area contributed by atoms with Crippen LogP contribution in [-0.4, -0.2) is 41.2 Å². The van der Waals surface area contributed by atoms with Crippen LogP contribution in [0, 0.1) is 5.82 Å². The molecule has 0 unspecified atom stereocenters. The Balaban J connectivity index is 1.46. The van der Waals surface area contributed by atoms with Crippen LogP contribution >= 0.6 is 23.5 Å². The summed E-state index contributed by atoms with van der Waals surface area (Å²) in [6.45, 7) is 3.16. The predicted octanol–water partition coefficient (Wildman–Crippen LogP) is 4.50. The molecule has 0 aromatic heterocycles. The molecule has 1 amide bonds. The van der Waals surface area contributed by atoms with Crippen molar-refractivity contribution in [3.8, 4) is 0 Å². The number of benzene rings is 2. The second-order valence-electron chi connectivity index (χ2n) is 6.17. The number of hydrogen-bond donors (Lipinski definition) is 1. The summed E-state index contributed by atoms with van der Waals surface area (Å²) in [5.74, 6) is 2.66. The fourth-order valence-electron chi connectivity index (χ4n) is 2.80. The van der Waals surface area contributed by atoms with Gasteiger partial charge in [0.15, 0.2) is 0 Å². The maximum absolute atomic E-state index is 13.6. The number of rotatable bonds is 7. The van der Waals surface area contributed by atoms with Gasteiger partial charge in [0.2, 0.25) is 5.91 Å². The van der Waals surface area contributed by atoms with E-state index in [2.05, 4.69) is 16.3 Å². The van der Waals surface area contributed by atoms with E-state index in [1.165, 1.54) is 34.9 Å². The third-order valence-corrected chi connectivity index (χ3v) is 6.14. The molecule has 2 aromatic carbocycles. The summed E-state index contributed by atoms with van der Waals surface area (Å²) in [5.41, 5.74) is 2.05. The quantitative estimate of drug-likeness (QED) is 0.706. The zero-order valence-electron chi connectivity index (χ0n) is 14.6. The third kappa shape index (κ3) is 6.04. The minimum absolute atomic E-state index is 0.0413. The normalized spacial score (nSPS) is 15.0. The number of anilines is 1. The van der Waals surface area contributed by atoms with E-state index < -0.39 is 0 Å². The van der Waals surface area contributed by atoms with Gasteiger partial charge in [-0.25, -0.2) is 4.39 Å². The fourth-order valence-corrected chi connectivity index (χ4v) is 4.67. The van der Waals surface area contributed by atoms with Crippen LogP contribution in [0.4, 0.5) is 10.1 Å². The molecule has 2 aromatic rings. The number of halogens is 1. The summed E-state index contributed by atoms with van der Waals surface area (Å²) >= 11 is 3.37. The van der Waals surface area contributed by atoms with Gasteiger partial charge in [-0.2, -0.15) is 11.8 Å². The minimum atomic E-state index is -0.235. The van der Waals surface area contributed by atoms with Gasteiger partial charge in [0.25, 0.3) is 0 Å². The average molecular weight is 391 g/mol. The zero-order valence-corrected chi connectivity index (χ0v) is 16.3. The first-order valence-electron chi connectivity index (χ1n) is 8.77. The van der Waals surface area contributed by atoms with E-state index in [4.69, 9.17) is 0 Å². The average Bonchev–Trinajstić information content (AvgIpc) is 2.64. The molecular weight excluding hydrogens is 367 g/mol. The number of amides is 1. The Morgan fingerprint density at radius 3 is 2.77 bits per heavy atom. The van der Waals surface area contributed by atoms with Crippen molar-refractivity contribution < 1.29 is 9.18 Å². The largest absolute Gasteiger partial charge is 0.326 e. The van der Waals surface area contributed by atoms with E-state index in [0.29, 0.717) is 17.1 Å². The number of carbonyl (C=O) groups is 1. The third-order valence-electron chi connectivity index (χ3n) is 4.14. The molecule has 3 rings (SSSR count). The summed E-state index contributed by atoms with van der Waals surface area (Å²) in [7, 11) is 0. The van der Waals surface area contributed by atoms with Crippen molar-refractivity contribution in [2.75, 3.05) is 35.7 Å². The van der Waals surface area contributed by atoms with Crippen LogP contribution in [0.1, 0.15) is 12.0 Å². The Morgan fingerprint density at radius 2 is 1.96 bits per heavy atom. The highest BCUT2D eigenvalue weighted by molar-refractivity contribution is 7.99. The highest BCUT2D eigenvalue weighted by Gasteiger charge is 2.11. The first-order chi connectivity index (χ1) is 12.7. The molecule has 1 aliphatic heterocycles. The van der Waals surface area contributed by atoms with Gasteiger partial charge in [-0.15, -0.1) is 11.8 Å². The minimum Gasteiger partial charge on any atom is -0.326 e. The zero-order chi connectivity index (χ0) is 18.2. The van der Waals surface area contributed by atoms with Crippen LogP contribution in [0.5, 0.6) is 0 Å². The van der Waals surface area contributed by atoms with Crippen molar-refractivity contribution in [1.82, 2.24) is 4.90 Å². The summed E-state index contributed by atoms with van der Waals surface area (Å²) < 4.78 is 13.6. The van der Waals surface area contributed by atoms with E-state index in [0.717, 1.165) is 25.3 Å². The molecule has 1 aliphatic rings. The van der Waals surface area contributed by atoms with Crippen LogP contribution in [0.2, 0.25) is 0 Å². The van der Waals surface area contributed by atoms with Crippen molar-refractivity contribution in [3.63, 3.8) is 0 Å². The molecule has 6 heteroatoms. The van der Waals surface area contributed by atoms with E-state index in [-0.39, 0.29) is 11.7 Å². The molecule has 0 aliphatic carbocycles. The number of thioether (sulfide) groups is 2. The SMILES string of the molecule is O=C(CCSc1ccccc1F)Nc1cccc(CN2CCSCC2)c1. The maximum atomic E-state index is 13.6. The molecule has 1 fully saturated rings. The Kier molecular flexibility index (Phi) is 7.41. The van der Waals surface area contributed by atoms with Crippen LogP contribution in [0.25, 0.3) is 0 Å². The number of carbonyl (C=O) groups excluding carboxylic acids is 1. The lowest BCUT2D eigenvalue weighted by atomic mass is 10.2. The summed E-state index contributed by atoms with van der Waals surface area (Å²) in [5, 5.41) is 2.95. The smallest absolute Gasteiger partial charge is 0.225 e. The molecule has 1 N–H and O–H groups in total. The van der Waals surface area contributed by atoms with E-state index >= 15 is 0 Å². The van der Waals surface area contributed by atoms with Gasteiger partial charge >= 0.3 is 0 Å². The Morgan fingerprint density at radius 1 is 1.15 bits per heavy atom. The van der Waals surface area contributed by atoms with E-state index in [1.54, 1.807) is 18.2 Å². The predicted molar refractivity (Wildman–Crippen MR) is 109 cm³/mol. The van der Waals surface area contributed by atoms with Crippen molar-refractivity contribution >= 4 is 35.1 Å². The fraction of sp³-hybridized carbons (Fsp3) is 0.350. The molecule has 1 saturated heterocycles. The molecule has 0 saturated carbocycles. The summed E-state index contributed by atoms with van der Waals surface area (Å²) in [6.07, 6.45) is 0.354. The first kappa shape index (κ1) is 19.3. The standard InChI is InChI=1S/C20H23FN2OS2/c21-18-6-1-2-7-19(18)26-11-8-20(24)22-17-5-3-4-16(14-17)15-23-9-12-25-13-10-23/h1-7,14H,8-13,15H2,(H,22,24). The Hall–Kier alpha value is -1.50. The summed E-state index contributed by atoms with van der Waals surface area (Å²) in [6, 6.07) is 14.7. The molecule has 26 heavy (non-hydrogen) atoms. The van der Waals surface area contributed by atoms with Gasteiger partial charge in [-0.1, -0.05) is 24.3 Å². The highest BCUT2D eigenvalue weighted by atomic mass is 32.2. The van der Waals surface area contributed by atoms with Crippen molar-refractivity contribution in [1.29, 1.82) is 0 Å². The van der Waals surface area contributed by atoms with E-state index in [1.807, 2.05) is 30.0 Å². The Labute approximate surface area is 162 Å². The van der Waals surface area contributed by atoms with Crippen LogP contribution in [0.15, 0.2) is 53.4 Å². The van der Waals surface area contributed by atoms with Crippen LogP contribution in [0.3, 0.4) is 0 Å². The lowest BCUT2D eigenvalue weighted by molar-refractivity contribution is -0.115. The molecule has 0 bridgehead atoms. The number of nitrogens with zero attached hydrogens (tertiary/aromatic N) is 1. The monoisotopic (exact) mass is 390 g/mol. The van der Waals surface area contributed by atoms with Crippen LogP contribution in [-0.2, 0) is 11.3 Å². The lowest BCUT2D eigenvalue weighted by Crippen LogP contribution is -2.31. The molecule has 0 spiro atoms. The van der Waals surface area contributed by atoms with Gasteiger partial charge in [0.05, 0.1) is 0 Å². The first-order valence-corrected chi connectivity index (χ1v) is 10.9. The topological polar surface area (TPSA) is 32.3 Å². The van der Waals surface area contributed by atoms with Crippen molar-refractivity contribution in [3.05, 3.63) is 59.9 Å². The van der Waals surface area contributed by atoms with Gasteiger partial charge in [0.1, 0.15) is 5.82 Å². The maximum Gasteiger partial charge on any atom is 0.225 e. The molecule has 1 heterocycles. The molecule has 0 atom stereocenters. The molecule has 0 radical (unpaired) electrons. The second kappa shape index (κ2) is 10.00. The Bertz CT molecular complexity index is 735. The lowest BCUT2D eigenvalue weighted by Gasteiger charge is -2.26. The molecule has 3 nitrogen and oxygen atoms in total. The molecular formula is C20H23FN2OS2. The summed E-state index contributed by atoms with van der Waals surface area (Å²) in [4.78, 5) is 15.2. The van der Waals surface area contributed by atoms with Gasteiger partial charge < -0.3 is 5.32 Å². The molecule has 138 valence electrons. The highest BCUT2D eigenvalue weighted by Crippen LogP contribution is 2.22. The second-order valence-corrected chi connectivity index (χ2v) is 8.53. The van der Waals surface area contributed by atoms with Gasteiger partial charge in [0, 0.05) is 53.9 Å². The van der Waals surface area contributed by atoms with E-state index in [9.17, 15) is 9.18 Å². The van der Waals surface area contributed by atoms with Gasteiger partial charge in [-0.3, -0.25) is 9.69 Å². The van der Waals surface area contributed by atoms with Crippen molar-refractivity contribution in [2.45, 2.75) is 17.9 Å². The number of nitrogens with one attached hydrogen (secondary N) is 1.